The average molecular weight is 306 g/mol. The van der Waals surface area contributed by atoms with Gasteiger partial charge in [0, 0.05) is 5.56 Å². The second-order valence-corrected chi connectivity index (χ2v) is 6.01. The van der Waals surface area contributed by atoms with E-state index >= 15 is 0 Å². The normalized spacial score (nSPS) is 11.4. The molecule has 0 fully saturated rings. The molecule has 2 aromatic rings. The van der Waals surface area contributed by atoms with Crippen LogP contribution in [0.4, 0.5) is 0 Å². The van der Waals surface area contributed by atoms with Crippen molar-refractivity contribution in [3.8, 4) is 5.69 Å². The Hall–Kier alpha value is -1.81. The van der Waals surface area contributed by atoms with Gasteiger partial charge in [0.2, 0.25) is 0 Å². The molecule has 0 radical (unpaired) electrons. The minimum Gasteiger partial charge on any atom is -0.545 e. The highest BCUT2D eigenvalue weighted by Gasteiger charge is 2.24. The van der Waals surface area contributed by atoms with Crippen molar-refractivity contribution < 1.29 is 9.90 Å². The summed E-state index contributed by atoms with van der Waals surface area (Å²) in [5, 5.41) is 16.6. The van der Waals surface area contributed by atoms with Crippen LogP contribution in [0.5, 0.6) is 0 Å². The Morgan fingerprint density at radius 1 is 1.19 bits per heavy atom. The Balaban J connectivity index is 2.81. The molecule has 21 heavy (non-hydrogen) atoms. The second kappa shape index (κ2) is 5.90. The fourth-order valence-electron chi connectivity index (χ4n) is 2.40. The van der Waals surface area contributed by atoms with Crippen molar-refractivity contribution in [2.75, 3.05) is 0 Å². The van der Waals surface area contributed by atoms with Crippen molar-refractivity contribution in [1.82, 2.24) is 9.78 Å². The number of hydrogen-bond donors (Lipinski definition) is 0. The lowest BCUT2D eigenvalue weighted by molar-refractivity contribution is -0.255. The minimum absolute atomic E-state index is 0.0147. The highest BCUT2D eigenvalue weighted by Crippen LogP contribution is 2.31. The molecule has 0 saturated heterocycles. The highest BCUT2D eigenvalue weighted by atomic mass is 35.5. The standard InChI is InChI=1S/C16H19ClN2O2/c1-9(2)14-13(16(20)21)15(10(3)4)19(18-14)12-8-6-5-7-11(12)17/h5-10H,1-4H3,(H,20,21)/p-1. The number of aromatic nitrogens is 2. The molecular formula is C16H18ClN2O2-. The molecule has 0 aliphatic heterocycles. The first-order chi connectivity index (χ1) is 9.84. The molecule has 0 amide bonds. The number of carboxylic acid groups (broad SMARTS) is 1. The Kier molecular flexibility index (Phi) is 4.37. The van der Waals surface area contributed by atoms with Crippen molar-refractivity contribution in [1.29, 1.82) is 0 Å². The predicted molar refractivity (Wildman–Crippen MR) is 81.1 cm³/mol. The van der Waals surface area contributed by atoms with Gasteiger partial charge >= 0.3 is 0 Å². The highest BCUT2D eigenvalue weighted by molar-refractivity contribution is 6.32. The van der Waals surface area contributed by atoms with E-state index in [0.717, 1.165) is 0 Å². The Morgan fingerprint density at radius 3 is 2.29 bits per heavy atom. The number of benzene rings is 1. The Morgan fingerprint density at radius 2 is 1.81 bits per heavy atom. The molecule has 1 aromatic carbocycles. The van der Waals surface area contributed by atoms with E-state index in [-0.39, 0.29) is 17.4 Å². The van der Waals surface area contributed by atoms with Gasteiger partial charge in [-0.1, -0.05) is 51.4 Å². The first-order valence-corrected chi connectivity index (χ1v) is 7.31. The second-order valence-electron chi connectivity index (χ2n) is 5.61. The molecule has 0 saturated carbocycles. The molecule has 0 unspecified atom stereocenters. The fourth-order valence-corrected chi connectivity index (χ4v) is 2.62. The largest absolute Gasteiger partial charge is 0.545 e. The lowest BCUT2D eigenvalue weighted by atomic mass is 9.99. The van der Waals surface area contributed by atoms with Gasteiger partial charge in [0.15, 0.2) is 0 Å². The lowest BCUT2D eigenvalue weighted by Gasteiger charge is -2.14. The number of carboxylic acids is 1. The molecule has 0 atom stereocenters. The van der Waals surface area contributed by atoms with Crippen LogP contribution in [-0.2, 0) is 0 Å². The number of nitrogens with zero attached hydrogens (tertiary/aromatic N) is 2. The molecule has 112 valence electrons. The van der Waals surface area contributed by atoms with Crippen LogP contribution >= 0.6 is 11.6 Å². The van der Waals surface area contributed by atoms with Crippen LogP contribution in [0, 0.1) is 0 Å². The van der Waals surface area contributed by atoms with Crippen LogP contribution in [0.15, 0.2) is 24.3 Å². The molecule has 0 bridgehead atoms. The number of halogens is 1. The van der Waals surface area contributed by atoms with E-state index in [1.165, 1.54) is 0 Å². The summed E-state index contributed by atoms with van der Waals surface area (Å²) in [6.07, 6.45) is 0. The van der Waals surface area contributed by atoms with E-state index in [1.54, 1.807) is 10.7 Å². The number of rotatable bonds is 4. The first kappa shape index (κ1) is 15.6. The van der Waals surface area contributed by atoms with Gasteiger partial charge in [0.05, 0.1) is 28.1 Å². The van der Waals surface area contributed by atoms with Crippen LogP contribution in [0.25, 0.3) is 5.69 Å². The zero-order valence-corrected chi connectivity index (χ0v) is 13.3. The lowest BCUT2D eigenvalue weighted by Crippen LogP contribution is -2.25. The summed E-state index contributed by atoms with van der Waals surface area (Å²) in [6, 6.07) is 7.26. The average Bonchev–Trinajstić information content (AvgIpc) is 2.79. The van der Waals surface area contributed by atoms with Gasteiger partial charge in [-0.05, 0) is 24.0 Å². The van der Waals surface area contributed by atoms with Crippen LogP contribution in [0.3, 0.4) is 0 Å². The molecule has 0 spiro atoms. The molecule has 0 N–H and O–H groups in total. The third-order valence-electron chi connectivity index (χ3n) is 3.33. The summed E-state index contributed by atoms with van der Waals surface area (Å²) < 4.78 is 1.63. The predicted octanol–water partition coefficient (Wildman–Crippen LogP) is 3.14. The Bertz CT molecular complexity index is 675. The summed E-state index contributed by atoms with van der Waals surface area (Å²) in [6.45, 7) is 7.69. The van der Waals surface area contributed by atoms with E-state index < -0.39 is 5.97 Å². The quantitative estimate of drug-likeness (QED) is 0.872. The number of aromatic carboxylic acids is 1. The van der Waals surface area contributed by atoms with Crippen molar-refractivity contribution >= 4 is 17.6 Å². The zero-order chi connectivity index (χ0) is 15.7. The van der Waals surface area contributed by atoms with Crippen molar-refractivity contribution in [3.63, 3.8) is 0 Å². The third kappa shape index (κ3) is 2.81. The van der Waals surface area contributed by atoms with Crippen LogP contribution in [-0.4, -0.2) is 15.7 Å². The van der Waals surface area contributed by atoms with Crippen molar-refractivity contribution in [3.05, 3.63) is 46.2 Å². The summed E-state index contributed by atoms with van der Waals surface area (Å²) in [7, 11) is 0. The molecular weight excluding hydrogens is 288 g/mol. The maximum Gasteiger partial charge on any atom is 0.0835 e. The number of carbonyl (C=O) groups is 1. The summed E-state index contributed by atoms with van der Waals surface area (Å²) >= 11 is 6.23. The van der Waals surface area contributed by atoms with E-state index in [0.29, 0.717) is 22.1 Å². The zero-order valence-electron chi connectivity index (χ0n) is 12.6. The Labute approximate surface area is 129 Å². The van der Waals surface area contributed by atoms with Crippen LogP contribution in [0.1, 0.15) is 61.3 Å². The molecule has 2 rings (SSSR count). The van der Waals surface area contributed by atoms with Gasteiger partial charge in [-0.25, -0.2) is 4.68 Å². The smallest absolute Gasteiger partial charge is 0.0835 e. The monoisotopic (exact) mass is 305 g/mol. The molecule has 5 heteroatoms. The molecule has 0 aliphatic rings. The molecule has 1 heterocycles. The third-order valence-corrected chi connectivity index (χ3v) is 3.65. The van der Waals surface area contributed by atoms with Gasteiger partial charge in [0.1, 0.15) is 0 Å². The molecule has 4 nitrogen and oxygen atoms in total. The van der Waals surface area contributed by atoms with E-state index in [2.05, 4.69) is 5.10 Å². The van der Waals surface area contributed by atoms with Gasteiger partial charge in [-0.2, -0.15) is 5.10 Å². The molecule has 0 aliphatic carbocycles. The minimum atomic E-state index is -1.19. The van der Waals surface area contributed by atoms with Gasteiger partial charge in [-0.3, -0.25) is 0 Å². The van der Waals surface area contributed by atoms with E-state index in [9.17, 15) is 9.90 Å². The fraction of sp³-hybridized carbons (Fsp3) is 0.375. The van der Waals surface area contributed by atoms with Crippen molar-refractivity contribution in [2.45, 2.75) is 39.5 Å². The summed E-state index contributed by atoms with van der Waals surface area (Å²) in [4.78, 5) is 11.6. The van der Waals surface area contributed by atoms with E-state index in [1.807, 2.05) is 45.9 Å². The summed E-state index contributed by atoms with van der Waals surface area (Å²) in [5.74, 6) is -1.23. The van der Waals surface area contributed by atoms with E-state index in [4.69, 9.17) is 11.6 Å². The van der Waals surface area contributed by atoms with Gasteiger partial charge in [-0.15, -0.1) is 0 Å². The maximum absolute atomic E-state index is 11.6. The SMILES string of the molecule is CC(C)c1nn(-c2ccccc2Cl)c(C(C)C)c1C(=O)[O-]. The van der Waals surface area contributed by atoms with Gasteiger partial charge in [0.25, 0.3) is 0 Å². The van der Waals surface area contributed by atoms with Crippen LogP contribution in [0.2, 0.25) is 5.02 Å². The van der Waals surface area contributed by atoms with Gasteiger partial charge < -0.3 is 9.90 Å². The topological polar surface area (TPSA) is 58.0 Å². The maximum atomic E-state index is 11.6. The van der Waals surface area contributed by atoms with Crippen LogP contribution < -0.4 is 5.11 Å². The number of para-hydroxylation sites is 1. The number of carbonyl (C=O) groups excluding carboxylic acids is 1. The number of hydrogen-bond acceptors (Lipinski definition) is 3. The van der Waals surface area contributed by atoms with Crippen molar-refractivity contribution in [2.24, 2.45) is 0 Å². The molecule has 1 aromatic heterocycles. The summed E-state index contributed by atoms with van der Waals surface area (Å²) in [5.41, 5.74) is 2.00. The first-order valence-electron chi connectivity index (χ1n) is 6.93.